The van der Waals surface area contributed by atoms with E-state index in [2.05, 4.69) is 15.9 Å². The van der Waals surface area contributed by atoms with Crippen LogP contribution < -0.4 is 4.74 Å². The van der Waals surface area contributed by atoms with E-state index in [0.717, 1.165) is 16.9 Å². The van der Waals surface area contributed by atoms with Gasteiger partial charge in [-0.3, -0.25) is 0 Å². The Morgan fingerprint density at radius 3 is 2.94 bits per heavy atom. The van der Waals surface area contributed by atoms with Crippen molar-refractivity contribution in [1.29, 1.82) is 0 Å². The van der Waals surface area contributed by atoms with Gasteiger partial charge in [-0.05, 0) is 24.6 Å². The minimum atomic E-state index is -0.635. The Hall–Kier alpha value is -1.29. The first kappa shape index (κ1) is 12.2. The summed E-state index contributed by atoms with van der Waals surface area (Å²) in [6.45, 7) is 2.14. The fourth-order valence-corrected chi connectivity index (χ4v) is 2.17. The van der Waals surface area contributed by atoms with Crippen molar-refractivity contribution >= 4 is 28.0 Å². The van der Waals surface area contributed by atoms with Gasteiger partial charge in [0.15, 0.2) is 0 Å². The SMILES string of the molecule is CCOC(=O)C1Oc2ccccc2C=C1CBr. The van der Waals surface area contributed by atoms with Crippen molar-refractivity contribution in [2.45, 2.75) is 13.0 Å². The Balaban J connectivity index is 2.30. The summed E-state index contributed by atoms with van der Waals surface area (Å²) in [7, 11) is 0. The van der Waals surface area contributed by atoms with Crippen molar-refractivity contribution in [2.24, 2.45) is 0 Å². The minimum Gasteiger partial charge on any atom is -0.474 e. The molecule has 0 aliphatic carbocycles. The van der Waals surface area contributed by atoms with Crippen molar-refractivity contribution in [3.63, 3.8) is 0 Å². The van der Waals surface area contributed by atoms with E-state index in [9.17, 15) is 4.79 Å². The summed E-state index contributed by atoms with van der Waals surface area (Å²) < 4.78 is 10.7. The van der Waals surface area contributed by atoms with E-state index in [1.165, 1.54) is 0 Å². The Morgan fingerprint density at radius 2 is 2.24 bits per heavy atom. The molecule has 0 amide bonds. The molecule has 0 bridgehead atoms. The molecule has 1 aromatic carbocycles. The third-order valence-electron chi connectivity index (χ3n) is 2.50. The molecule has 1 aromatic rings. The van der Waals surface area contributed by atoms with Crippen LogP contribution in [0.2, 0.25) is 0 Å². The van der Waals surface area contributed by atoms with E-state index in [4.69, 9.17) is 9.47 Å². The van der Waals surface area contributed by atoms with Crippen molar-refractivity contribution in [3.8, 4) is 5.75 Å². The molecule has 4 heteroatoms. The van der Waals surface area contributed by atoms with Gasteiger partial charge in [-0.2, -0.15) is 0 Å². The topological polar surface area (TPSA) is 35.5 Å². The Bertz CT molecular complexity index is 454. The van der Waals surface area contributed by atoms with Crippen LogP contribution in [0.25, 0.3) is 6.08 Å². The van der Waals surface area contributed by atoms with E-state index in [-0.39, 0.29) is 5.97 Å². The lowest BCUT2D eigenvalue weighted by Gasteiger charge is -2.24. The zero-order chi connectivity index (χ0) is 12.3. The molecule has 0 saturated heterocycles. The van der Waals surface area contributed by atoms with Gasteiger partial charge in [-0.15, -0.1) is 0 Å². The summed E-state index contributed by atoms with van der Waals surface area (Å²) in [5.41, 5.74) is 1.87. The molecule has 1 unspecified atom stereocenters. The fourth-order valence-electron chi connectivity index (χ4n) is 1.71. The first-order valence-corrected chi connectivity index (χ1v) is 6.57. The molecule has 1 aliphatic rings. The summed E-state index contributed by atoms with van der Waals surface area (Å²) in [5, 5.41) is 0.588. The molecule has 0 N–H and O–H groups in total. The van der Waals surface area contributed by atoms with Gasteiger partial charge in [0.05, 0.1) is 6.61 Å². The highest BCUT2D eigenvalue weighted by molar-refractivity contribution is 9.09. The molecule has 0 aromatic heterocycles. The van der Waals surface area contributed by atoms with Crippen molar-refractivity contribution in [3.05, 3.63) is 35.4 Å². The number of hydrogen-bond donors (Lipinski definition) is 0. The van der Waals surface area contributed by atoms with Gasteiger partial charge in [0.2, 0.25) is 6.10 Å². The van der Waals surface area contributed by atoms with Crippen molar-refractivity contribution < 1.29 is 14.3 Å². The van der Waals surface area contributed by atoms with Crippen LogP contribution >= 0.6 is 15.9 Å². The van der Waals surface area contributed by atoms with Crippen LogP contribution in [0.15, 0.2) is 29.8 Å². The number of hydrogen-bond acceptors (Lipinski definition) is 3. The number of benzene rings is 1. The number of fused-ring (bicyclic) bond motifs is 1. The maximum atomic E-state index is 11.8. The van der Waals surface area contributed by atoms with Gasteiger partial charge in [0.25, 0.3) is 0 Å². The van der Waals surface area contributed by atoms with Gasteiger partial charge >= 0.3 is 5.97 Å². The van der Waals surface area contributed by atoms with E-state index in [1.54, 1.807) is 6.92 Å². The van der Waals surface area contributed by atoms with E-state index < -0.39 is 6.10 Å². The average molecular weight is 297 g/mol. The largest absolute Gasteiger partial charge is 0.474 e. The second kappa shape index (κ2) is 5.36. The molecule has 1 aliphatic heterocycles. The van der Waals surface area contributed by atoms with Crippen LogP contribution in [0, 0.1) is 0 Å². The second-order valence-electron chi connectivity index (χ2n) is 3.64. The van der Waals surface area contributed by atoms with Crippen LogP contribution in [0.3, 0.4) is 0 Å². The van der Waals surface area contributed by atoms with Gasteiger partial charge in [0, 0.05) is 10.9 Å². The van der Waals surface area contributed by atoms with Crippen LogP contribution in [-0.2, 0) is 9.53 Å². The Morgan fingerprint density at radius 1 is 1.47 bits per heavy atom. The van der Waals surface area contributed by atoms with E-state index in [1.807, 2.05) is 30.3 Å². The van der Waals surface area contributed by atoms with Crippen LogP contribution in [-0.4, -0.2) is 24.0 Å². The molecule has 3 nitrogen and oxygen atoms in total. The van der Waals surface area contributed by atoms with Gasteiger partial charge < -0.3 is 9.47 Å². The minimum absolute atomic E-state index is 0.340. The predicted octanol–water partition coefficient (Wildman–Crippen LogP) is 2.79. The smallest absolute Gasteiger partial charge is 0.351 e. The average Bonchev–Trinajstić information content (AvgIpc) is 2.37. The highest BCUT2D eigenvalue weighted by Gasteiger charge is 2.29. The normalized spacial score (nSPS) is 17.8. The standard InChI is InChI=1S/C13H13BrO3/c1-2-16-13(15)12-10(8-14)7-9-5-3-4-6-11(9)17-12/h3-7,12H,2,8H2,1H3. The highest BCUT2D eigenvalue weighted by Crippen LogP contribution is 2.30. The maximum Gasteiger partial charge on any atom is 0.351 e. The predicted molar refractivity (Wildman–Crippen MR) is 69.3 cm³/mol. The molecule has 17 heavy (non-hydrogen) atoms. The van der Waals surface area contributed by atoms with Crippen LogP contribution in [0.5, 0.6) is 5.75 Å². The van der Waals surface area contributed by atoms with Gasteiger partial charge in [-0.25, -0.2) is 4.79 Å². The fraction of sp³-hybridized carbons (Fsp3) is 0.308. The molecular formula is C13H13BrO3. The van der Waals surface area contributed by atoms with Crippen LogP contribution in [0.1, 0.15) is 12.5 Å². The third-order valence-corrected chi connectivity index (χ3v) is 3.14. The number of carbonyl (C=O) groups is 1. The van der Waals surface area contributed by atoms with Gasteiger partial charge in [0.1, 0.15) is 5.75 Å². The lowest BCUT2D eigenvalue weighted by atomic mass is 10.0. The molecule has 90 valence electrons. The van der Waals surface area contributed by atoms with E-state index >= 15 is 0 Å². The summed E-state index contributed by atoms with van der Waals surface area (Å²) in [5.74, 6) is 0.378. The molecule has 1 atom stereocenters. The zero-order valence-corrected chi connectivity index (χ0v) is 11.1. The molecule has 1 heterocycles. The number of rotatable bonds is 3. The number of ether oxygens (including phenoxy) is 2. The van der Waals surface area contributed by atoms with Gasteiger partial charge in [-0.1, -0.05) is 34.1 Å². The molecular weight excluding hydrogens is 284 g/mol. The summed E-state index contributed by atoms with van der Waals surface area (Å²) in [4.78, 5) is 11.8. The first-order valence-electron chi connectivity index (χ1n) is 5.45. The molecule has 0 fully saturated rings. The molecule has 0 saturated carbocycles. The number of carbonyl (C=O) groups excluding carboxylic acids is 1. The van der Waals surface area contributed by atoms with Crippen LogP contribution in [0.4, 0.5) is 0 Å². The summed E-state index contributed by atoms with van der Waals surface area (Å²) in [6, 6.07) is 7.63. The number of para-hydroxylation sites is 1. The summed E-state index contributed by atoms with van der Waals surface area (Å²) in [6.07, 6.45) is 1.33. The lowest BCUT2D eigenvalue weighted by Crippen LogP contribution is -2.33. The number of esters is 1. The quantitative estimate of drug-likeness (QED) is 0.636. The van der Waals surface area contributed by atoms with E-state index in [0.29, 0.717) is 11.9 Å². The molecule has 2 rings (SSSR count). The lowest BCUT2D eigenvalue weighted by molar-refractivity contribution is -0.149. The summed E-state index contributed by atoms with van der Waals surface area (Å²) >= 11 is 3.37. The Kier molecular flexibility index (Phi) is 3.84. The second-order valence-corrected chi connectivity index (χ2v) is 4.20. The van der Waals surface area contributed by atoms with Crippen molar-refractivity contribution in [1.82, 2.24) is 0 Å². The Labute approximate surface area is 109 Å². The molecule has 0 spiro atoms. The monoisotopic (exact) mass is 296 g/mol. The highest BCUT2D eigenvalue weighted by atomic mass is 79.9. The zero-order valence-electron chi connectivity index (χ0n) is 9.48. The first-order chi connectivity index (χ1) is 8.26. The third kappa shape index (κ3) is 2.52. The van der Waals surface area contributed by atoms with Crippen molar-refractivity contribution in [2.75, 3.05) is 11.9 Å². The number of halogens is 1. The maximum absolute atomic E-state index is 11.8. The number of alkyl halides is 1. The molecule has 0 radical (unpaired) electrons.